The zero-order valence-electron chi connectivity index (χ0n) is 7.50. The smallest absolute Gasteiger partial charge is 0.0616 e. The number of aliphatic hydroxyl groups excluding tert-OH is 1. The Morgan fingerprint density at radius 1 is 1.58 bits per heavy atom. The van der Waals surface area contributed by atoms with Crippen molar-refractivity contribution in [3.8, 4) is 0 Å². The lowest BCUT2D eigenvalue weighted by atomic mass is 9.98. The van der Waals surface area contributed by atoms with Crippen LogP contribution in [0.1, 0.15) is 30.2 Å². The molecule has 2 rings (SSSR count). The van der Waals surface area contributed by atoms with Gasteiger partial charge in [-0.2, -0.15) is 0 Å². The highest BCUT2D eigenvalue weighted by Gasteiger charge is 2.49. The average molecular weight is 182 g/mol. The molecular weight excluding hydrogens is 168 g/mol. The van der Waals surface area contributed by atoms with Gasteiger partial charge in [0.25, 0.3) is 0 Å². The lowest BCUT2D eigenvalue weighted by Crippen LogP contribution is -2.21. The summed E-state index contributed by atoms with van der Waals surface area (Å²) >= 11 is 1.79. The van der Waals surface area contributed by atoms with Crippen molar-refractivity contribution in [3.05, 3.63) is 21.9 Å². The molecule has 1 aromatic rings. The third-order valence-corrected chi connectivity index (χ3v) is 4.08. The van der Waals surface area contributed by atoms with Crippen LogP contribution in [0, 0.1) is 6.92 Å². The van der Waals surface area contributed by atoms with Crippen molar-refractivity contribution in [1.82, 2.24) is 0 Å². The molecule has 2 heteroatoms. The molecule has 1 fully saturated rings. The number of aryl methyl sites for hydroxylation is 1. The number of thiophene rings is 1. The van der Waals surface area contributed by atoms with Gasteiger partial charge in [0.2, 0.25) is 0 Å². The van der Waals surface area contributed by atoms with Gasteiger partial charge in [0.1, 0.15) is 0 Å². The molecule has 12 heavy (non-hydrogen) atoms. The molecule has 1 aromatic heterocycles. The molecule has 1 nitrogen and oxygen atoms in total. The van der Waals surface area contributed by atoms with E-state index in [9.17, 15) is 5.11 Å². The summed E-state index contributed by atoms with van der Waals surface area (Å²) in [6.07, 6.45) is 2.13. The van der Waals surface area contributed by atoms with Crippen LogP contribution < -0.4 is 0 Å². The highest BCUT2D eigenvalue weighted by Crippen LogP contribution is 2.52. The summed E-state index contributed by atoms with van der Waals surface area (Å²) in [5, 5.41) is 11.8. The second-order valence-corrected chi connectivity index (χ2v) is 4.73. The Morgan fingerprint density at radius 3 is 2.58 bits per heavy atom. The minimum absolute atomic E-state index is 0.138. The fraction of sp³-hybridized carbons (Fsp3) is 0.600. The number of hydrogen-bond acceptors (Lipinski definition) is 2. The molecule has 1 N–H and O–H groups in total. The van der Waals surface area contributed by atoms with Crippen molar-refractivity contribution >= 4 is 11.3 Å². The van der Waals surface area contributed by atoms with Crippen LogP contribution in [0.2, 0.25) is 0 Å². The van der Waals surface area contributed by atoms with Gasteiger partial charge in [-0.1, -0.05) is 0 Å². The molecule has 0 bridgehead atoms. The second kappa shape index (κ2) is 2.57. The molecule has 1 heterocycles. The van der Waals surface area contributed by atoms with Gasteiger partial charge >= 0.3 is 0 Å². The number of hydrogen-bond donors (Lipinski definition) is 1. The quantitative estimate of drug-likeness (QED) is 0.745. The van der Waals surface area contributed by atoms with Crippen LogP contribution in [0.15, 0.2) is 11.4 Å². The molecule has 1 atom stereocenters. The predicted molar refractivity (Wildman–Crippen MR) is 51.6 cm³/mol. The first-order valence-electron chi connectivity index (χ1n) is 4.39. The van der Waals surface area contributed by atoms with E-state index in [1.165, 1.54) is 10.4 Å². The van der Waals surface area contributed by atoms with E-state index >= 15 is 0 Å². The van der Waals surface area contributed by atoms with Gasteiger partial charge in [-0.3, -0.25) is 0 Å². The van der Waals surface area contributed by atoms with Crippen LogP contribution in [0.3, 0.4) is 0 Å². The minimum Gasteiger partial charge on any atom is -0.392 e. The standard InChI is InChI=1S/C10H14OS/c1-7-5-9(12-6-7)10(3-4-10)8(2)11/h5-6,8,11H,3-4H2,1-2H3. The van der Waals surface area contributed by atoms with E-state index in [0.717, 1.165) is 12.8 Å². The predicted octanol–water partition coefficient (Wildman–Crippen LogP) is 2.47. The largest absolute Gasteiger partial charge is 0.392 e. The van der Waals surface area contributed by atoms with Crippen LogP contribution in [-0.2, 0) is 5.41 Å². The third kappa shape index (κ3) is 1.10. The normalized spacial score (nSPS) is 22.2. The first kappa shape index (κ1) is 8.27. The van der Waals surface area contributed by atoms with Crippen LogP contribution in [-0.4, -0.2) is 11.2 Å². The summed E-state index contributed by atoms with van der Waals surface area (Å²) in [5.74, 6) is 0. The summed E-state index contributed by atoms with van der Waals surface area (Å²) in [6, 6.07) is 2.21. The molecule has 0 saturated heterocycles. The van der Waals surface area contributed by atoms with Crippen molar-refractivity contribution < 1.29 is 5.11 Å². The van der Waals surface area contributed by atoms with E-state index in [-0.39, 0.29) is 11.5 Å². The zero-order valence-corrected chi connectivity index (χ0v) is 8.32. The van der Waals surface area contributed by atoms with Crippen LogP contribution >= 0.6 is 11.3 Å². The SMILES string of the molecule is Cc1csc(C2(C(C)O)CC2)c1. The molecule has 1 aliphatic rings. The molecule has 1 saturated carbocycles. The van der Waals surface area contributed by atoms with Gasteiger partial charge in [0, 0.05) is 10.3 Å². The summed E-state index contributed by atoms with van der Waals surface area (Å²) in [4.78, 5) is 1.37. The summed E-state index contributed by atoms with van der Waals surface area (Å²) in [6.45, 7) is 4.01. The Hall–Kier alpha value is -0.340. The van der Waals surface area contributed by atoms with Crippen LogP contribution in [0.25, 0.3) is 0 Å². The topological polar surface area (TPSA) is 20.2 Å². The molecule has 0 amide bonds. The number of rotatable bonds is 2. The van der Waals surface area contributed by atoms with E-state index in [1.807, 2.05) is 6.92 Å². The average Bonchev–Trinajstić information content (AvgIpc) is 2.71. The highest BCUT2D eigenvalue weighted by molar-refractivity contribution is 7.10. The van der Waals surface area contributed by atoms with Gasteiger partial charge in [0.15, 0.2) is 0 Å². The third-order valence-electron chi connectivity index (χ3n) is 2.81. The van der Waals surface area contributed by atoms with E-state index in [2.05, 4.69) is 18.4 Å². The Labute approximate surface area is 77.0 Å². The Bertz CT molecular complexity index is 284. The van der Waals surface area contributed by atoms with Gasteiger partial charge in [0.05, 0.1) is 6.10 Å². The lowest BCUT2D eigenvalue weighted by Gasteiger charge is -2.16. The zero-order chi connectivity index (χ0) is 8.77. The van der Waals surface area contributed by atoms with E-state index in [1.54, 1.807) is 11.3 Å². The maximum atomic E-state index is 9.61. The van der Waals surface area contributed by atoms with Crippen molar-refractivity contribution in [1.29, 1.82) is 0 Å². The van der Waals surface area contributed by atoms with E-state index in [4.69, 9.17) is 0 Å². The van der Waals surface area contributed by atoms with Gasteiger partial charge in [-0.25, -0.2) is 0 Å². The summed E-state index contributed by atoms with van der Waals surface area (Å²) in [5.41, 5.74) is 1.46. The van der Waals surface area contributed by atoms with Crippen molar-refractivity contribution in [2.45, 2.75) is 38.2 Å². The Morgan fingerprint density at radius 2 is 2.25 bits per heavy atom. The molecule has 1 unspecified atom stereocenters. The maximum absolute atomic E-state index is 9.61. The Balaban J connectivity index is 2.30. The van der Waals surface area contributed by atoms with E-state index in [0.29, 0.717) is 0 Å². The first-order valence-corrected chi connectivity index (χ1v) is 5.27. The van der Waals surface area contributed by atoms with Gasteiger partial charge in [-0.15, -0.1) is 11.3 Å². The van der Waals surface area contributed by atoms with Crippen molar-refractivity contribution in [2.75, 3.05) is 0 Å². The molecule has 66 valence electrons. The molecule has 0 radical (unpaired) electrons. The summed E-state index contributed by atoms with van der Waals surface area (Å²) < 4.78 is 0. The lowest BCUT2D eigenvalue weighted by molar-refractivity contribution is 0.152. The minimum atomic E-state index is -0.185. The second-order valence-electron chi connectivity index (χ2n) is 3.82. The van der Waals surface area contributed by atoms with E-state index < -0.39 is 0 Å². The fourth-order valence-electron chi connectivity index (χ4n) is 1.70. The highest BCUT2D eigenvalue weighted by atomic mass is 32.1. The molecule has 0 aliphatic heterocycles. The first-order chi connectivity index (χ1) is 5.65. The molecule has 0 spiro atoms. The molecular formula is C10H14OS. The maximum Gasteiger partial charge on any atom is 0.0616 e. The summed E-state index contributed by atoms with van der Waals surface area (Å²) in [7, 11) is 0. The van der Waals surface area contributed by atoms with Crippen LogP contribution in [0.5, 0.6) is 0 Å². The van der Waals surface area contributed by atoms with Gasteiger partial charge < -0.3 is 5.11 Å². The van der Waals surface area contributed by atoms with Crippen molar-refractivity contribution in [2.24, 2.45) is 0 Å². The fourth-order valence-corrected chi connectivity index (χ4v) is 2.94. The number of aliphatic hydroxyl groups is 1. The van der Waals surface area contributed by atoms with Crippen LogP contribution in [0.4, 0.5) is 0 Å². The molecule has 1 aliphatic carbocycles. The molecule has 0 aromatic carbocycles. The monoisotopic (exact) mass is 182 g/mol. The van der Waals surface area contributed by atoms with Crippen molar-refractivity contribution in [3.63, 3.8) is 0 Å². The van der Waals surface area contributed by atoms with Gasteiger partial charge in [-0.05, 0) is 43.7 Å². The Kier molecular flexibility index (Phi) is 1.77.